The Morgan fingerprint density at radius 2 is 1.71 bits per heavy atom. The summed E-state index contributed by atoms with van der Waals surface area (Å²) in [6.45, 7) is 2.14. The highest BCUT2D eigenvalue weighted by molar-refractivity contribution is 5.77. The molecule has 0 aromatic rings. The van der Waals surface area contributed by atoms with E-state index in [1.165, 1.54) is 19.3 Å². The molecule has 5 heteroatoms. The molecule has 120 valence electrons. The molecule has 21 heavy (non-hydrogen) atoms. The second-order valence-corrected chi connectivity index (χ2v) is 6.94. The molecule has 2 amide bonds. The minimum Gasteiger partial charge on any atom is -0.370 e. The van der Waals surface area contributed by atoms with Crippen molar-refractivity contribution in [2.24, 2.45) is 22.8 Å². The Morgan fingerprint density at radius 3 is 2.24 bits per heavy atom. The van der Waals surface area contributed by atoms with Crippen LogP contribution in [0.3, 0.4) is 0 Å². The van der Waals surface area contributed by atoms with Crippen molar-refractivity contribution in [1.29, 1.82) is 0 Å². The van der Waals surface area contributed by atoms with Gasteiger partial charge in [0.25, 0.3) is 0 Å². The smallest absolute Gasteiger partial charge is 0.223 e. The molecule has 1 aliphatic carbocycles. The number of carbonyl (C=O) groups is 2. The zero-order valence-electron chi connectivity index (χ0n) is 13.0. The molecule has 5 nitrogen and oxygen atoms in total. The fourth-order valence-electron chi connectivity index (χ4n) is 3.86. The summed E-state index contributed by atoms with van der Waals surface area (Å²) in [5, 5.41) is 0. The molecular formula is C16H29N3O2. The monoisotopic (exact) mass is 295 g/mol. The number of hydrogen-bond acceptors (Lipinski definition) is 3. The quantitative estimate of drug-likeness (QED) is 0.803. The molecule has 1 saturated carbocycles. The molecular weight excluding hydrogens is 266 g/mol. The van der Waals surface area contributed by atoms with Crippen LogP contribution in [-0.4, -0.2) is 36.3 Å². The van der Waals surface area contributed by atoms with E-state index in [-0.39, 0.29) is 17.2 Å². The Labute approximate surface area is 127 Å². The minimum absolute atomic E-state index is 0.0411. The number of piperidine rings is 1. The van der Waals surface area contributed by atoms with Crippen LogP contribution in [0.5, 0.6) is 0 Å². The van der Waals surface area contributed by atoms with Gasteiger partial charge in [0.2, 0.25) is 11.8 Å². The minimum atomic E-state index is -0.232. The van der Waals surface area contributed by atoms with Gasteiger partial charge in [0, 0.05) is 25.9 Å². The van der Waals surface area contributed by atoms with Gasteiger partial charge in [-0.15, -0.1) is 0 Å². The number of rotatable bonds is 5. The Balaban J connectivity index is 1.82. The third-order valence-corrected chi connectivity index (χ3v) is 5.33. The predicted octanol–water partition coefficient (Wildman–Crippen LogP) is 1.40. The first-order valence-corrected chi connectivity index (χ1v) is 8.31. The molecule has 0 aromatic carbocycles. The van der Waals surface area contributed by atoms with Crippen molar-refractivity contribution < 1.29 is 9.59 Å². The lowest BCUT2D eigenvalue weighted by molar-refractivity contribution is -0.135. The molecule has 1 saturated heterocycles. The van der Waals surface area contributed by atoms with Crippen LogP contribution < -0.4 is 11.5 Å². The van der Waals surface area contributed by atoms with Crippen LogP contribution in [0.4, 0.5) is 0 Å². The zero-order chi connectivity index (χ0) is 15.3. The standard InChI is InChI=1S/C16H29N3O2/c17-12-16(6-2-1-3-7-16)11-15(21)19-8-4-13(5-9-19)10-14(18)20/h13H,1-12,17H2,(H2,18,20). The molecule has 1 aliphatic heterocycles. The number of primary amides is 1. The van der Waals surface area contributed by atoms with Gasteiger partial charge in [0.05, 0.1) is 0 Å². The van der Waals surface area contributed by atoms with E-state index < -0.39 is 0 Å². The van der Waals surface area contributed by atoms with Crippen LogP contribution >= 0.6 is 0 Å². The van der Waals surface area contributed by atoms with Gasteiger partial charge in [0.15, 0.2) is 0 Å². The van der Waals surface area contributed by atoms with E-state index in [0.717, 1.165) is 38.8 Å². The number of hydrogen-bond donors (Lipinski definition) is 2. The molecule has 0 spiro atoms. The van der Waals surface area contributed by atoms with Crippen LogP contribution in [0.1, 0.15) is 57.8 Å². The fourth-order valence-corrected chi connectivity index (χ4v) is 3.86. The predicted molar refractivity (Wildman–Crippen MR) is 82.3 cm³/mol. The maximum Gasteiger partial charge on any atom is 0.223 e. The Bertz CT molecular complexity index is 370. The Morgan fingerprint density at radius 1 is 1.10 bits per heavy atom. The van der Waals surface area contributed by atoms with Crippen molar-refractivity contribution in [3.63, 3.8) is 0 Å². The van der Waals surface area contributed by atoms with Crippen LogP contribution in [-0.2, 0) is 9.59 Å². The van der Waals surface area contributed by atoms with Crippen LogP contribution in [0.25, 0.3) is 0 Å². The van der Waals surface area contributed by atoms with Crippen molar-refractivity contribution in [2.75, 3.05) is 19.6 Å². The molecule has 0 bridgehead atoms. The molecule has 0 aromatic heterocycles. The summed E-state index contributed by atoms with van der Waals surface area (Å²) in [7, 11) is 0. The maximum atomic E-state index is 12.5. The average Bonchev–Trinajstić information content (AvgIpc) is 2.48. The summed E-state index contributed by atoms with van der Waals surface area (Å²) in [4.78, 5) is 25.5. The first-order valence-electron chi connectivity index (χ1n) is 8.31. The van der Waals surface area contributed by atoms with Gasteiger partial charge in [-0.2, -0.15) is 0 Å². The van der Waals surface area contributed by atoms with Crippen LogP contribution in [0.15, 0.2) is 0 Å². The van der Waals surface area contributed by atoms with Gasteiger partial charge in [0.1, 0.15) is 0 Å². The molecule has 4 N–H and O–H groups in total. The lowest BCUT2D eigenvalue weighted by Gasteiger charge is -2.39. The summed E-state index contributed by atoms with van der Waals surface area (Å²) in [6.07, 6.45) is 8.69. The molecule has 0 unspecified atom stereocenters. The van der Waals surface area contributed by atoms with E-state index in [1.807, 2.05) is 4.90 Å². The largest absolute Gasteiger partial charge is 0.370 e. The third kappa shape index (κ3) is 4.43. The van der Waals surface area contributed by atoms with E-state index in [9.17, 15) is 9.59 Å². The van der Waals surface area contributed by atoms with Crippen molar-refractivity contribution in [3.8, 4) is 0 Å². The molecule has 0 atom stereocenters. The first kappa shape index (κ1) is 16.3. The van der Waals surface area contributed by atoms with Crippen LogP contribution in [0.2, 0.25) is 0 Å². The summed E-state index contributed by atoms with van der Waals surface area (Å²) >= 11 is 0. The number of nitrogens with zero attached hydrogens (tertiary/aromatic N) is 1. The van der Waals surface area contributed by atoms with Gasteiger partial charge in [-0.1, -0.05) is 19.3 Å². The normalized spacial score (nSPS) is 23.0. The van der Waals surface area contributed by atoms with E-state index in [2.05, 4.69) is 0 Å². The van der Waals surface area contributed by atoms with E-state index in [1.54, 1.807) is 0 Å². The average molecular weight is 295 g/mol. The highest BCUT2D eigenvalue weighted by Crippen LogP contribution is 2.39. The molecule has 2 fully saturated rings. The summed E-state index contributed by atoms with van der Waals surface area (Å²) in [5.41, 5.74) is 11.3. The van der Waals surface area contributed by atoms with Gasteiger partial charge in [-0.05, 0) is 43.6 Å². The van der Waals surface area contributed by atoms with Gasteiger partial charge in [-0.3, -0.25) is 9.59 Å². The summed E-state index contributed by atoms with van der Waals surface area (Å²) in [6, 6.07) is 0. The molecule has 2 rings (SSSR count). The second-order valence-electron chi connectivity index (χ2n) is 6.94. The molecule has 1 heterocycles. The van der Waals surface area contributed by atoms with Gasteiger partial charge < -0.3 is 16.4 Å². The SMILES string of the molecule is NCC1(CC(=O)N2CCC(CC(N)=O)CC2)CCCCC1. The number of amides is 2. The zero-order valence-corrected chi connectivity index (χ0v) is 13.0. The second kappa shape index (κ2) is 7.25. The highest BCUT2D eigenvalue weighted by Gasteiger charge is 2.35. The van der Waals surface area contributed by atoms with Crippen molar-refractivity contribution in [1.82, 2.24) is 4.90 Å². The highest BCUT2D eigenvalue weighted by atomic mass is 16.2. The topological polar surface area (TPSA) is 89.4 Å². The number of carbonyl (C=O) groups excluding carboxylic acids is 2. The van der Waals surface area contributed by atoms with Crippen molar-refractivity contribution >= 4 is 11.8 Å². The molecule has 0 radical (unpaired) electrons. The number of nitrogens with two attached hydrogens (primary N) is 2. The van der Waals surface area contributed by atoms with E-state index >= 15 is 0 Å². The maximum absolute atomic E-state index is 12.5. The lowest BCUT2D eigenvalue weighted by atomic mass is 9.71. The fraction of sp³-hybridized carbons (Fsp3) is 0.875. The summed E-state index contributed by atoms with van der Waals surface area (Å²) in [5.74, 6) is 0.369. The van der Waals surface area contributed by atoms with E-state index in [4.69, 9.17) is 11.5 Å². The lowest BCUT2D eigenvalue weighted by Crippen LogP contribution is -2.44. The molecule has 2 aliphatic rings. The Kier molecular flexibility index (Phi) is 5.62. The van der Waals surface area contributed by atoms with Crippen molar-refractivity contribution in [2.45, 2.75) is 57.8 Å². The first-order chi connectivity index (χ1) is 10.0. The van der Waals surface area contributed by atoms with Crippen LogP contribution in [0, 0.1) is 11.3 Å². The number of likely N-dealkylation sites (tertiary alicyclic amines) is 1. The third-order valence-electron chi connectivity index (χ3n) is 5.33. The van der Waals surface area contributed by atoms with Gasteiger partial charge >= 0.3 is 0 Å². The van der Waals surface area contributed by atoms with E-state index in [0.29, 0.717) is 25.3 Å². The van der Waals surface area contributed by atoms with Gasteiger partial charge in [-0.25, -0.2) is 0 Å². The summed E-state index contributed by atoms with van der Waals surface area (Å²) < 4.78 is 0. The Hall–Kier alpha value is -1.10. The van der Waals surface area contributed by atoms with Crippen molar-refractivity contribution in [3.05, 3.63) is 0 Å².